The van der Waals surface area contributed by atoms with Crippen LogP contribution in [-0.4, -0.2) is 34.9 Å². The van der Waals surface area contributed by atoms with Gasteiger partial charge in [-0.25, -0.2) is 14.6 Å². The van der Waals surface area contributed by atoms with Gasteiger partial charge in [-0.05, 0) is 50.2 Å². The van der Waals surface area contributed by atoms with Crippen molar-refractivity contribution in [2.45, 2.75) is 70.4 Å². The van der Waals surface area contributed by atoms with Gasteiger partial charge in [0, 0.05) is 30.7 Å². The van der Waals surface area contributed by atoms with E-state index in [-0.39, 0.29) is 17.8 Å². The standard InChI is InChI=1S/C21H27NO6/c1-12-6-7-16-13(2)18(24-17(23)14-5-4-10-22-11-14)25-19-21(16)15(12)8-9-20(3,26-19)27-28-21/h4-5,10-13,15-16,18-19H,6-9H2,1-3H3/t12-,13-,15-,16-,18+,19-,20-,21-/m1/s1. The van der Waals surface area contributed by atoms with E-state index in [1.807, 2.05) is 6.92 Å². The van der Waals surface area contributed by atoms with Crippen molar-refractivity contribution in [1.82, 2.24) is 4.98 Å². The molecule has 5 heterocycles. The quantitative estimate of drug-likeness (QED) is 0.566. The fraction of sp³-hybridized carbons (Fsp3) is 0.714. The highest BCUT2D eigenvalue weighted by molar-refractivity contribution is 5.89. The Morgan fingerprint density at radius 3 is 2.86 bits per heavy atom. The first-order valence-corrected chi connectivity index (χ1v) is 10.2. The van der Waals surface area contributed by atoms with E-state index in [1.165, 1.54) is 6.20 Å². The lowest BCUT2D eigenvalue weighted by atomic mass is 9.58. The van der Waals surface area contributed by atoms with Gasteiger partial charge in [0.25, 0.3) is 0 Å². The molecular weight excluding hydrogens is 362 g/mol. The van der Waals surface area contributed by atoms with E-state index in [9.17, 15) is 4.79 Å². The second-order valence-electron chi connectivity index (χ2n) is 8.92. The van der Waals surface area contributed by atoms with Gasteiger partial charge in [-0.15, -0.1) is 0 Å². The summed E-state index contributed by atoms with van der Waals surface area (Å²) in [5, 5.41) is 0. The fourth-order valence-electron chi connectivity index (χ4n) is 5.66. The molecule has 28 heavy (non-hydrogen) atoms. The van der Waals surface area contributed by atoms with E-state index in [0.717, 1.165) is 25.7 Å². The third kappa shape index (κ3) is 2.64. The van der Waals surface area contributed by atoms with Crippen molar-refractivity contribution in [3.63, 3.8) is 0 Å². The van der Waals surface area contributed by atoms with Crippen molar-refractivity contribution < 1.29 is 28.8 Å². The Labute approximate surface area is 164 Å². The Bertz CT molecular complexity index is 759. The van der Waals surface area contributed by atoms with Gasteiger partial charge in [-0.2, -0.15) is 0 Å². The Morgan fingerprint density at radius 1 is 1.21 bits per heavy atom. The van der Waals surface area contributed by atoms with E-state index < -0.39 is 29.9 Å². The predicted octanol–water partition coefficient (Wildman–Crippen LogP) is 3.45. The summed E-state index contributed by atoms with van der Waals surface area (Å²) in [5.74, 6) is -0.405. The van der Waals surface area contributed by atoms with Crippen LogP contribution in [0.25, 0.3) is 0 Å². The highest BCUT2D eigenvalue weighted by atomic mass is 17.3. The summed E-state index contributed by atoms with van der Waals surface area (Å²) in [6.07, 6.45) is 5.60. The summed E-state index contributed by atoms with van der Waals surface area (Å²) in [4.78, 5) is 28.5. The maximum atomic E-state index is 12.6. The molecule has 0 amide bonds. The first kappa shape index (κ1) is 18.5. The van der Waals surface area contributed by atoms with Crippen molar-refractivity contribution >= 4 is 5.97 Å². The number of aromatic nitrogens is 1. The van der Waals surface area contributed by atoms with E-state index in [2.05, 4.69) is 18.8 Å². The zero-order valence-electron chi connectivity index (χ0n) is 16.5. The third-order valence-corrected chi connectivity index (χ3v) is 7.22. The molecule has 1 aromatic heterocycles. The normalized spacial score (nSPS) is 47.1. The molecule has 4 aliphatic heterocycles. The number of carbonyl (C=O) groups excluding carboxylic acids is 1. The SMILES string of the molecule is C[C@H]1[C@@H](OC(=O)c2cccnc2)O[C@@H]2O[C@@]3(C)CC[C@@H]4[C@H](C)CC[C@H]1[C@@]24OO3. The molecule has 2 bridgehead atoms. The molecule has 0 N–H and O–H groups in total. The number of ether oxygens (including phenoxy) is 3. The molecule has 1 spiro atoms. The Balaban J connectivity index is 1.46. The van der Waals surface area contributed by atoms with Gasteiger partial charge in [0.1, 0.15) is 0 Å². The average Bonchev–Trinajstić information content (AvgIpc) is 2.92. The molecule has 1 saturated carbocycles. The molecule has 1 aromatic rings. The second-order valence-corrected chi connectivity index (χ2v) is 8.92. The molecular formula is C21H27NO6. The van der Waals surface area contributed by atoms with Crippen LogP contribution in [0, 0.1) is 23.7 Å². The molecule has 7 nitrogen and oxygen atoms in total. The topological polar surface area (TPSA) is 76.1 Å². The van der Waals surface area contributed by atoms with E-state index in [0.29, 0.717) is 11.5 Å². The maximum Gasteiger partial charge on any atom is 0.342 e. The van der Waals surface area contributed by atoms with Crippen molar-refractivity contribution in [2.24, 2.45) is 23.7 Å². The van der Waals surface area contributed by atoms with Crippen molar-refractivity contribution in [1.29, 1.82) is 0 Å². The largest absolute Gasteiger partial charge is 0.432 e. The van der Waals surface area contributed by atoms with Crippen LogP contribution in [0.2, 0.25) is 0 Å². The van der Waals surface area contributed by atoms with Crippen molar-refractivity contribution in [2.75, 3.05) is 0 Å². The van der Waals surface area contributed by atoms with Crippen LogP contribution in [0.3, 0.4) is 0 Å². The number of nitrogens with zero attached hydrogens (tertiary/aromatic N) is 1. The molecule has 4 saturated heterocycles. The Morgan fingerprint density at radius 2 is 2.07 bits per heavy atom. The summed E-state index contributed by atoms with van der Waals surface area (Å²) in [5.41, 5.74) is -0.242. The van der Waals surface area contributed by atoms with Crippen LogP contribution in [0.15, 0.2) is 24.5 Å². The lowest BCUT2D eigenvalue weighted by molar-refractivity contribution is -0.576. The van der Waals surface area contributed by atoms with Crippen LogP contribution >= 0.6 is 0 Å². The summed E-state index contributed by atoms with van der Waals surface area (Å²) in [7, 11) is 0. The van der Waals surface area contributed by atoms with Crippen molar-refractivity contribution in [3.05, 3.63) is 30.1 Å². The van der Waals surface area contributed by atoms with Gasteiger partial charge in [0.15, 0.2) is 11.9 Å². The van der Waals surface area contributed by atoms with Gasteiger partial charge >= 0.3 is 5.97 Å². The zero-order valence-corrected chi connectivity index (χ0v) is 16.5. The second kappa shape index (κ2) is 6.49. The highest BCUT2D eigenvalue weighted by Crippen LogP contribution is 2.60. The third-order valence-electron chi connectivity index (χ3n) is 7.22. The van der Waals surface area contributed by atoms with Crippen LogP contribution < -0.4 is 0 Å². The molecule has 0 radical (unpaired) electrons. The van der Waals surface area contributed by atoms with E-state index in [4.69, 9.17) is 24.0 Å². The minimum absolute atomic E-state index is 0.0403. The lowest BCUT2D eigenvalue weighted by Gasteiger charge is -2.59. The van der Waals surface area contributed by atoms with Crippen LogP contribution in [-0.2, 0) is 24.0 Å². The van der Waals surface area contributed by atoms with E-state index >= 15 is 0 Å². The van der Waals surface area contributed by atoms with Gasteiger partial charge in [-0.1, -0.05) is 13.8 Å². The smallest absolute Gasteiger partial charge is 0.342 e. The first-order chi connectivity index (χ1) is 13.4. The molecule has 0 aromatic carbocycles. The molecule has 5 fully saturated rings. The minimum atomic E-state index is -0.837. The van der Waals surface area contributed by atoms with Crippen LogP contribution in [0.1, 0.15) is 56.8 Å². The number of hydrogen-bond acceptors (Lipinski definition) is 7. The van der Waals surface area contributed by atoms with E-state index in [1.54, 1.807) is 18.3 Å². The number of rotatable bonds is 2. The Hall–Kier alpha value is -1.54. The minimum Gasteiger partial charge on any atom is -0.432 e. The van der Waals surface area contributed by atoms with Gasteiger partial charge < -0.3 is 14.2 Å². The lowest BCUT2D eigenvalue weighted by Crippen LogP contribution is -2.70. The molecule has 6 rings (SSSR count). The highest BCUT2D eigenvalue weighted by Gasteiger charge is 2.69. The number of carbonyl (C=O) groups is 1. The summed E-state index contributed by atoms with van der Waals surface area (Å²) in [6, 6.07) is 3.40. The molecule has 0 unspecified atom stereocenters. The maximum absolute atomic E-state index is 12.6. The summed E-state index contributed by atoms with van der Waals surface area (Å²) in [6.45, 7) is 6.22. The molecule has 8 atom stereocenters. The van der Waals surface area contributed by atoms with Crippen molar-refractivity contribution in [3.8, 4) is 0 Å². The predicted molar refractivity (Wildman–Crippen MR) is 96.5 cm³/mol. The van der Waals surface area contributed by atoms with Crippen LogP contribution in [0.5, 0.6) is 0 Å². The Kier molecular flexibility index (Phi) is 4.28. The number of pyridine rings is 1. The summed E-state index contributed by atoms with van der Waals surface area (Å²) < 4.78 is 18.3. The first-order valence-electron chi connectivity index (χ1n) is 10.2. The van der Waals surface area contributed by atoms with Gasteiger partial charge in [-0.3, -0.25) is 4.98 Å². The van der Waals surface area contributed by atoms with Crippen LogP contribution in [0.4, 0.5) is 0 Å². The fourth-order valence-corrected chi connectivity index (χ4v) is 5.66. The summed E-state index contributed by atoms with van der Waals surface area (Å²) >= 11 is 0. The van der Waals surface area contributed by atoms with Gasteiger partial charge in [0.05, 0.1) is 5.56 Å². The number of hydrogen-bond donors (Lipinski definition) is 0. The van der Waals surface area contributed by atoms with Gasteiger partial charge in [0.2, 0.25) is 12.1 Å². The molecule has 152 valence electrons. The number of esters is 1. The number of fused-ring (bicyclic) bond motifs is 2. The average molecular weight is 389 g/mol. The molecule has 1 aliphatic carbocycles. The molecule has 5 aliphatic rings. The monoisotopic (exact) mass is 389 g/mol. The zero-order chi connectivity index (χ0) is 19.5. The molecule has 7 heteroatoms.